The maximum Gasteiger partial charge on any atom is 0.237 e. The van der Waals surface area contributed by atoms with Crippen LogP contribution in [0.3, 0.4) is 0 Å². The van der Waals surface area contributed by atoms with Crippen molar-refractivity contribution in [3.63, 3.8) is 0 Å². The summed E-state index contributed by atoms with van der Waals surface area (Å²) in [7, 11) is 1.66. The molecule has 19 heavy (non-hydrogen) atoms. The summed E-state index contributed by atoms with van der Waals surface area (Å²) < 4.78 is 5.20. The molecule has 3 N–H and O–H groups in total. The topological polar surface area (TPSA) is 79.5 Å². The van der Waals surface area contributed by atoms with Crippen LogP contribution in [0.15, 0.2) is 0 Å². The van der Waals surface area contributed by atoms with Crippen molar-refractivity contribution in [1.29, 1.82) is 0 Å². The van der Waals surface area contributed by atoms with Crippen molar-refractivity contribution in [3.05, 3.63) is 0 Å². The Labute approximate surface area is 113 Å². The van der Waals surface area contributed by atoms with Crippen LogP contribution in [0.1, 0.15) is 32.1 Å². The third kappa shape index (κ3) is 4.80. The molecule has 2 amide bonds. The molecule has 6 heteroatoms. The highest BCUT2D eigenvalue weighted by Gasteiger charge is 2.29. The van der Waals surface area contributed by atoms with E-state index < -0.39 is 0 Å². The molecule has 0 aromatic heterocycles. The van der Waals surface area contributed by atoms with E-state index in [9.17, 15) is 9.59 Å². The maximum absolute atomic E-state index is 11.8. The van der Waals surface area contributed by atoms with Gasteiger partial charge in [-0.2, -0.15) is 0 Å². The molecule has 0 spiro atoms. The van der Waals surface area contributed by atoms with Crippen LogP contribution in [0.25, 0.3) is 0 Å². The lowest BCUT2D eigenvalue weighted by atomic mass is 10.2. The van der Waals surface area contributed by atoms with Gasteiger partial charge >= 0.3 is 0 Å². The van der Waals surface area contributed by atoms with Gasteiger partial charge in [-0.15, -0.1) is 0 Å². The van der Waals surface area contributed by atoms with Gasteiger partial charge in [0.1, 0.15) is 0 Å². The molecule has 0 bridgehead atoms. The van der Waals surface area contributed by atoms with Gasteiger partial charge < -0.3 is 20.7 Å². The molecule has 2 rings (SSSR count). The Balaban J connectivity index is 1.52. The van der Waals surface area contributed by atoms with Gasteiger partial charge in [-0.3, -0.25) is 9.59 Å². The third-order valence-corrected chi connectivity index (χ3v) is 3.56. The van der Waals surface area contributed by atoms with E-state index in [-0.39, 0.29) is 24.0 Å². The minimum Gasteiger partial charge on any atom is -0.380 e. The fourth-order valence-electron chi connectivity index (χ4n) is 2.19. The van der Waals surface area contributed by atoms with Crippen molar-refractivity contribution in [2.75, 3.05) is 20.2 Å². The fraction of sp³-hybridized carbons (Fsp3) is 0.846. The first-order valence-electron chi connectivity index (χ1n) is 7.02. The van der Waals surface area contributed by atoms with Crippen LogP contribution >= 0.6 is 0 Å². The Morgan fingerprint density at radius 2 is 2.16 bits per heavy atom. The molecule has 1 aliphatic heterocycles. The summed E-state index contributed by atoms with van der Waals surface area (Å²) in [4.78, 5) is 23.2. The first-order valence-corrected chi connectivity index (χ1v) is 7.02. The molecule has 2 fully saturated rings. The van der Waals surface area contributed by atoms with Crippen molar-refractivity contribution in [2.45, 2.75) is 50.3 Å². The Hall–Kier alpha value is -1.14. The van der Waals surface area contributed by atoms with Gasteiger partial charge in [0.05, 0.1) is 12.1 Å². The summed E-state index contributed by atoms with van der Waals surface area (Å²) in [6.07, 6.45) is 4.22. The number of carbonyl (C=O) groups is 2. The molecule has 2 aliphatic rings. The second kappa shape index (κ2) is 6.86. The SMILES string of the molecule is COC1CNC(C(=O)NCCCC(=O)NC2CC2)C1. The molecule has 1 saturated carbocycles. The summed E-state index contributed by atoms with van der Waals surface area (Å²) in [5.41, 5.74) is 0. The fourth-order valence-corrected chi connectivity index (χ4v) is 2.19. The average molecular weight is 269 g/mol. The number of methoxy groups -OCH3 is 1. The van der Waals surface area contributed by atoms with E-state index in [0.29, 0.717) is 31.8 Å². The lowest BCUT2D eigenvalue weighted by Crippen LogP contribution is -2.41. The summed E-state index contributed by atoms with van der Waals surface area (Å²) in [5, 5.41) is 8.91. The summed E-state index contributed by atoms with van der Waals surface area (Å²) in [6, 6.07) is 0.251. The molecule has 1 saturated heterocycles. The van der Waals surface area contributed by atoms with E-state index >= 15 is 0 Å². The number of rotatable bonds is 7. The number of ether oxygens (including phenoxy) is 1. The largest absolute Gasteiger partial charge is 0.380 e. The van der Waals surface area contributed by atoms with E-state index in [1.165, 1.54) is 0 Å². The zero-order valence-corrected chi connectivity index (χ0v) is 11.4. The van der Waals surface area contributed by atoms with Gasteiger partial charge in [0, 0.05) is 32.7 Å². The van der Waals surface area contributed by atoms with Crippen molar-refractivity contribution in [3.8, 4) is 0 Å². The highest BCUT2D eigenvalue weighted by molar-refractivity contribution is 5.82. The number of amides is 2. The quantitative estimate of drug-likeness (QED) is 0.546. The molecule has 2 atom stereocenters. The van der Waals surface area contributed by atoms with Gasteiger partial charge in [-0.25, -0.2) is 0 Å². The van der Waals surface area contributed by atoms with E-state index in [4.69, 9.17) is 4.74 Å². The monoisotopic (exact) mass is 269 g/mol. The molecule has 2 unspecified atom stereocenters. The Kier molecular flexibility index (Phi) is 5.15. The zero-order valence-electron chi connectivity index (χ0n) is 11.4. The maximum atomic E-state index is 11.8. The molecule has 1 aliphatic carbocycles. The van der Waals surface area contributed by atoms with Crippen LogP contribution in [-0.2, 0) is 14.3 Å². The first kappa shape index (κ1) is 14.3. The molecular weight excluding hydrogens is 246 g/mol. The smallest absolute Gasteiger partial charge is 0.237 e. The summed E-state index contributed by atoms with van der Waals surface area (Å²) in [6.45, 7) is 1.27. The molecule has 108 valence electrons. The van der Waals surface area contributed by atoms with Crippen LogP contribution in [0, 0.1) is 0 Å². The second-order valence-corrected chi connectivity index (χ2v) is 5.29. The van der Waals surface area contributed by atoms with Crippen LogP contribution in [-0.4, -0.2) is 50.2 Å². The first-order chi connectivity index (χ1) is 9.19. The van der Waals surface area contributed by atoms with E-state index in [1.807, 2.05) is 0 Å². The predicted octanol–water partition coefficient (Wildman–Crippen LogP) is -0.462. The van der Waals surface area contributed by atoms with Gasteiger partial charge in [0.2, 0.25) is 11.8 Å². The van der Waals surface area contributed by atoms with Crippen LogP contribution in [0.4, 0.5) is 0 Å². The highest BCUT2D eigenvalue weighted by atomic mass is 16.5. The predicted molar refractivity (Wildman–Crippen MR) is 70.6 cm³/mol. The molecule has 6 nitrogen and oxygen atoms in total. The van der Waals surface area contributed by atoms with Gasteiger partial charge in [-0.1, -0.05) is 0 Å². The zero-order chi connectivity index (χ0) is 13.7. The van der Waals surface area contributed by atoms with Gasteiger partial charge in [0.25, 0.3) is 0 Å². The molecule has 0 aromatic rings. The van der Waals surface area contributed by atoms with Crippen LogP contribution in [0.2, 0.25) is 0 Å². The van der Waals surface area contributed by atoms with Crippen molar-refractivity contribution in [1.82, 2.24) is 16.0 Å². The minimum absolute atomic E-state index is 0.00199. The second-order valence-electron chi connectivity index (χ2n) is 5.29. The van der Waals surface area contributed by atoms with Crippen molar-refractivity contribution < 1.29 is 14.3 Å². The minimum atomic E-state index is -0.162. The molecular formula is C13H23N3O3. The summed E-state index contributed by atoms with van der Waals surface area (Å²) >= 11 is 0. The number of carbonyl (C=O) groups excluding carboxylic acids is 2. The Morgan fingerprint density at radius 3 is 2.79 bits per heavy atom. The van der Waals surface area contributed by atoms with Crippen molar-refractivity contribution >= 4 is 11.8 Å². The van der Waals surface area contributed by atoms with Crippen LogP contribution < -0.4 is 16.0 Å². The lowest BCUT2D eigenvalue weighted by Gasteiger charge is -2.11. The van der Waals surface area contributed by atoms with Crippen LogP contribution in [0.5, 0.6) is 0 Å². The molecule has 0 radical (unpaired) electrons. The molecule has 1 heterocycles. The normalized spacial score (nSPS) is 26.2. The van der Waals surface area contributed by atoms with E-state index in [2.05, 4.69) is 16.0 Å². The third-order valence-electron chi connectivity index (χ3n) is 3.56. The number of nitrogens with one attached hydrogen (secondary N) is 3. The number of hydrogen-bond acceptors (Lipinski definition) is 4. The standard InChI is InChI=1S/C13H23N3O3/c1-19-10-7-11(15-8-10)13(18)14-6-2-3-12(17)16-9-4-5-9/h9-11,15H,2-8H2,1H3,(H,14,18)(H,16,17). The van der Waals surface area contributed by atoms with E-state index in [1.54, 1.807) is 7.11 Å². The molecule has 0 aromatic carbocycles. The number of hydrogen-bond donors (Lipinski definition) is 3. The summed E-state index contributed by atoms with van der Waals surface area (Å²) in [5.74, 6) is 0.0948. The van der Waals surface area contributed by atoms with Gasteiger partial charge in [0.15, 0.2) is 0 Å². The van der Waals surface area contributed by atoms with Gasteiger partial charge in [-0.05, 0) is 25.7 Å². The van der Waals surface area contributed by atoms with Crippen molar-refractivity contribution in [2.24, 2.45) is 0 Å². The highest BCUT2D eigenvalue weighted by Crippen LogP contribution is 2.18. The Morgan fingerprint density at radius 1 is 1.37 bits per heavy atom. The lowest BCUT2D eigenvalue weighted by molar-refractivity contribution is -0.124. The Bertz CT molecular complexity index is 331. The van der Waals surface area contributed by atoms with E-state index in [0.717, 1.165) is 19.4 Å². The average Bonchev–Trinajstić information content (AvgIpc) is 3.08.